The van der Waals surface area contributed by atoms with E-state index in [9.17, 15) is 9.90 Å². The quantitative estimate of drug-likeness (QED) is 0.533. The zero-order valence-corrected chi connectivity index (χ0v) is 18.7. The van der Waals surface area contributed by atoms with Crippen LogP contribution in [0.15, 0.2) is 18.2 Å². The van der Waals surface area contributed by atoms with Crippen LogP contribution in [0.25, 0.3) is 6.08 Å². The molecule has 3 atom stereocenters. The number of carbonyl (C=O) groups is 1. The number of allylic oxidation sites excluding steroid dienone is 1. The van der Waals surface area contributed by atoms with E-state index in [2.05, 4.69) is 20.8 Å². The zero-order valence-electron chi connectivity index (χ0n) is 17.9. The number of aliphatic hydroxyl groups excluding tert-OH is 2. The van der Waals surface area contributed by atoms with Crippen molar-refractivity contribution in [1.82, 2.24) is 0 Å². The minimum atomic E-state index is -0.740. The molecule has 1 fully saturated rings. The fourth-order valence-electron chi connectivity index (χ4n) is 5.32. The van der Waals surface area contributed by atoms with Crippen molar-refractivity contribution in [3.05, 3.63) is 61.3 Å². The predicted octanol–water partition coefficient (Wildman–Crippen LogP) is 4.76. The third-order valence-electron chi connectivity index (χ3n) is 7.04. The van der Waals surface area contributed by atoms with E-state index in [1.807, 2.05) is 32.1 Å². The van der Waals surface area contributed by atoms with E-state index in [-0.39, 0.29) is 12.4 Å². The van der Waals surface area contributed by atoms with Crippen molar-refractivity contribution in [2.45, 2.75) is 59.5 Å². The molecule has 3 nitrogen and oxygen atoms in total. The van der Waals surface area contributed by atoms with Crippen molar-refractivity contribution in [3.63, 3.8) is 0 Å². The Hall–Kier alpha value is -1.75. The van der Waals surface area contributed by atoms with Gasteiger partial charge in [-0.2, -0.15) is 0 Å². The van der Waals surface area contributed by atoms with Gasteiger partial charge in [-0.05, 0) is 83.9 Å². The Morgan fingerprint density at radius 1 is 1.28 bits per heavy atom. The number of rotatable bonds is 6. The topological polar surface area (TPSA) is 57.5 Å². The summed E-state index contributed by atoms with van der Waals surface area (Å²) in [4.78, 5) is 15.2. The van der Waals surface area contributed by atoms with E-state index < -0.39 is 6.10 Å². The van der Waals surface area contributed by atoms with Crippen LogP contribution in [0.5, 0.6) is 0 Å². The zero-order chi connectivity index (χ0) is 21.1. The van der Waals surface area contributed by atoms with E-state index >= 15 is 0 Å². The highest BCUT2D eigenvalue weighted by Crippen LogP contribution is 2.71. The molecule has 0 aliphatic heterocycles. The van der Waals surface area contributed by atoms with Gasteiger partial charge in [0.15, 0.2) is 5.78 Å². The fraction of sp³-hybridized carbons (Fsp3) is 0.480. The second-order valence-corrected chi connectivity index (χ2v) is 10.6. The second kappa shape index (κ2) is 7.19. The summed E-state index contributed by atoms with van der Waals surface area (Å²) in [5.41, 5.74) is 7.35. The van der Waals surface area contributed by atoms with E-state index in [1.54, 1.807) is 17.4 Å². The number of benzene rings is 1. The summed E-state index contributed by atoms with van der Waals surface area (Å²) in [7, 11) is 0. The molecule has 1 saturated carbocycles. The maximum atomic E-state index is 13.0. The third kappa shape index (κ3) is 3.41. The van der Waals surface area contributed by atoms with E-state index in [0.717, 1.165) is 33.6 Å². The molecule has 1 unspecified atom stereocenters. The summed E-state index contributed by atoms with van der Waals surface area (Å²) in [5, 5.41) is 18.9. The predicted molar refractivity (Wildman–Crippen MR) is 119 cm³/mol. The highest BCUT2D eigenvalue weighted by Gasteiger charge is 2.63. The first-order valence-electron chi connectivity index (χ1n) is 10.4. The lowest BCUT2D eigenvalue weighted by Crippen LogP contribution is -2.16. The van der Waals surface area contributed by atoms with Crippen LogP contribution in [-0.2, 0) is 12.8 Å². The summed E-state index contributed by atoms with van der Waals surface area (Å²) in [5.74, 6) is 1.46. The largest absolute Gasteiger partial charge is 0.394 e. The smallest absolute Gasteiger partial charge is 0.196 e. The molecular weight excluding hydrogens is 380 g/mol. The Morgan fingerprint density at radius 3 is 2.55 bits per heavy atom. The molecule has 1 aromatic carbocycles. The van der Waals surface area contributed by atoms with Gasteiger partial charge in [0.25, 0.3) is 0 Å². The number of ketones is 1. The summed E-state index contributed by atoms with van der Waals surface area (Å²) < 4.78 is 0. The highest BCUT2D eigenvalue weighted by atomic mass is 32.1. The van der Waals surface area contributed by atoms with Gasteiger partial charge in [0.2, 0.25) is 0 Å². The molecule has 29 heavy (non-hydrogen) atoms. The molecule has 2 aromatic rings. The molecule has 2 aliphatic carbocycles. The average molecular weight is 411 g/mol. The van der Waals surface area contributed by atoms with Gasteiger partial charge in [-0.15, -0.1) is 11.3 Å². The minimum Gasteiger partial charge on any atom is -0.394 e. The molecule has 1 heterocycles. The number of aryl methyl sites for hydroxylation is 3. The monoisotopic (exact) mass is 410 g/mol. The molecule has 2 N–H and O–H groups in total. The molecule has 4 rings (SSSR count). The van der Waals surface area contributed by atoms with Crippen LogP contribution in [0.3, 0.4) is 0 Å². The number of carbonyl (C=O) groups excluding carboxylic acids is 1. The van der Waals surface area contributed by atoms with E-state index in [1.165, 1.54) is 16.0 Å². The Labute approximate surface area is 177 Å². The first-order valence-corrected chi connectivity index (χ1v) is 11.2. The molecule has 2 aliphatic rings. The number of hydrogen-bond acceptors (Lipinski definition) is 4. The Balaban J connectivity index is 1.55. The maximum absolute atomic E-state index is 13.0. The van der Waals surface area contributed by atoms with Crippen LogP contribution in [0, 0.1) is 32.1 Å². The van der Waals surface area contributed by atoms with Gasteiger partial charge in [-0.1, -0.05) is 32.1 Å². The summed E-state index contributed by atoms with van der Waals surface area (Å²) >= 11 is 1.66. The van der Waals surface area contributed by atoms with Crippen LogP contribution in [0.4, 0.5) is 0 Å². The number of aliphatic hydroxyl groups is 2. The first kappa shape index (κ1) is 20.5. The first-order chi connectivity index (χ1) is 13.6. The molecule has 0 radical (unpaired) electrons. The van der Waals surface area contributed by atoms with Gasteiger partial charge in [0.05, 0.1) is 17.6 Å². The molecule has 0 bridgehead atoms. The van der Waals surface area contributed by atoms with Crippen molar-refractivity contribution in [1.29, 1.82) is 0 Å². The number of fused-ring (bicyclic) bond motifs is 3. The molecular formula is C25H30O3S. The van der Waals surface area contributed by atoms with Crippen LogP contribution in [-0.4, -0.2) is 28.7 Å². The summed E-state index contributed by atoms with van der Waals surface area (Å²) in [6, 6.07) is 4.08. The molecule has 154 valence electrons. The summed E-state index contributed by atoms with van der Waals surface area (Å²) in [6.45, 7) is 10.6. The highest BCUT2D eigenvalue weighted by molar-refractivity contribution is 7.14. The maximum Gasteiger partial charge on any atom is 0.196 e. The van der Waals surface area contributed by atoms with Crippen molar-refractivity contribution in [2.24, 2.45) is 11.3 Å². The van der Waals surface area contributed by atoms with Crippen LogP contribution in [0.2, 0.25) is 0 Å². The Kier molecular flexibility index (Phi) is 5.09. The van der Waals surface area contributed by atoms with Crippen molar-refractivity contribution in [2.75, 3.05) is 6.61 Å². The van der Waals surface area contributed by atoms with Crippen LogP contribution >= 0.6 is 11.3 Å². The van der Waals surface area contributed by atoms with Crippen molar-refractivity contribution in [3.8, 4) is 0 Å². The lowest BCUT2D eigenvalue weighted by Gasteiger charge is -2.14. The van der Waals surface area contributed by atoms with Gasteiger partial charge >= 0.3 is 0 Å². The third-order valence-corrected chi connectivity index (χ3v) is 8.22. The molecule has 1 aromatic heterocycles. The van der Waals surface area contributed by atoms with E-state index in [0.29, 0.717) is 23.7 Å². The normalized spacial score (nSPS) is 22.6. The van der Waals surface area contributed by atoms with Gasteiger partial charge in [-0.3, -0.25) is 4.79 Å². The number of thiophene rings is 1. The Bertz CT molecular complexity index is 988. The molecule has 0 amide bonds. The van der Waals surface area contributed by atoms with Crippen LogP contribution < -0.4 is 0 Å². The SMILES string of the molecule is Cc1cc(C=CC(=O)c2sc(C)c3c2C[C@@H]2[C@H]3C2(C)C)cc(C)c1CC(O)CO. The summed E-state index contributed by atoms with van der Waals surface area (Å²) in [6.07, 6.45) is 4.35. The van der Waals surface area contributed by atoms with Crippen LogP contribution in [0.1, 0.15) is 67.7 Å². The molecule has 4 heteroatoms. The van der Waals surface area contributed by atoms with Crippen molar-refractivity contribution >= 4 is 23.2 Å². The van der Waals surface area contributed by atoms with Crippen molar-refractivity contribution < 1.29 is 15.0 Å². The molecule has 0 saturated heterocycles. The van der Waals surface area contributed by atoms with Gasteiger partial charge in [-0.25, -0.2) is 0 Å². The van der Waals surface area contributed by atoms with Gasteiger partial charge < -0.3 is 10.2 Å². The standard InChI is InChI=1S/C25H30O3S/c1-13-8-16(9-14(2)18(13)10-17(27)12-26)6-7-21(28)24-19-11-20-23(25(20,4)5)22(19)15(3)29-24/h6-9,17,20,23,26-27H,10-12H2,1-5H3/t17?,20-,23-/m1/s1. The Morgan fingerprint density at radius 2 is 1.93 bits per heavy atom. The lowest BCUT2D eigenvalue weighted by molar-refractivity contribution is 0.0953. The fourth-order valence-corrected chi connectivity index (χ4v) is 6.48. The minimum absolute atomic E-state index is 0.105. The number of hydrogen-bond donors (Lipinski definition) is 2. The van der Waals surface area contributed by atoms with Gasteiger partial charge in [0, 0.05) is 11.3 Å². The van der Waals surface area contributed by atoms with Gasteiger partial charge in [0.1, 0.15) is 0 Å². The molecule has 0 spiro atoms. The second-order valence-electron chi connectivity index (χ2n) is 9.36. The average Bonchev–Trinajstić information content (AvgIpc) is 3.00. The van der Waals surface area contributed by atoms with E-state index in [4.69, 9.17) is 5.11 Å². The lowest BCUT2D eigenvalue weighted by atomic mass is 9.94.